The van der Waals surface area contributed by atoms with E-state index in [0.29, 0.717) is 24.1 Å². The molecule has 4 nitrogen and oxygen atoms in total. The first-order valence-corrected chi connectivity index (χ1v) is 5.33. The van der Waals surface area contributed by atoms with Crippen LogP contribution in [0.2, 0.25) is 0 Å². The summed E-state index contributed by atoms with van der Waals surface area (Å²) in [5.74, 6) is 0.556. The Balaban J connectivity index is 2.20. The lowest BCUT2D eigenvalue weighted by molar-refractivity contribution is -0.000775. The van der Waals surface area contributed by atoms with E-state index in [9.17, 15) is 0 Å². The van der Waals surface area contributed by atoms with E-state index in [4.69, 9.17) is 10.5 Å². The first-order chi connectivity index (χ1) is 6.61. The molecule has 1 aliphatic rings. The molecule has 0 radical (unpaired) electrons. The Morgan fingerprint density at radius 2 is 2.21 bits per heavy atom. The standard InChI is InChI=1S/C10H21N3O/c1-4-14-9-5-8(6-9)13-10(11)12-7(2)3/h7-9H,4-6H2,1-3H3,(H3,11,12,13). The lowest BCUT2D eigenvalue weighted by Gasteiger charge is -2.32. The zero-order chi connectivity index (χ0) is 10.6. The molecule has 1 saturated carbocycles. The molecule has 0 atom stereocenters. The van der Waals surface area contributed by atoms with Crippen LogP contribution in [-0.4, -0.2) is 30.8 Å². The number of nitrogens with two attached hydrogens (primary N) is 1. The van der Waals surface area contributed by atoms with Gasteiger partial charge < -0.3 is 15.8 Å². The van der Waals surface area contributed by atoms with Gasteiger partial charge in [-0.05, 0) is 33.6 Å². The molecule has 0 unspecified atom stereocenters. The van der Waals surface area contributed by atoms with Crippen LogP contribution in [-0.2, 0) is 4.74 Å². The Morgan fingerprint density at radius 1 is 1.57 bits per heavy atom. The van der Waals surface area contributed by atoms with Gasteiger partial charge in [0, 0.05) is 12.6 Å². The molecular formula is C10H21N3O. The maximum atomic E-state index is 5.70. The van der Waals surface area contributed by atoms with Gasteiger partial charge in [-0.15, -0.1) is 0 Å². The first kappa shape index (κ1) is 11.3. The maximum absolute atomic E-state index is 5.70. The smallest absolute Gasteiger partial charge is 0.189 e. The van der Waals surface area contributed by atoms with Crippen LogP contribution in [0.25, 0.3) is 0 Å². The molecule has 1 rings (SSSR count). The largest absolute Gasteiger partial charge is 0.378 e. The maximum Gasteiger partial charge on any atom is 0.189 e. The number of guanidine groups is 1. The monoisotopic (exact) mass is 199 g/mol. The van der Waals surface area contributed by atoms with Gasteiger partial charge in [0.2, 0.25) is 0 Å². The van der Waals surface area contributed by atoms with Gasteiger partial charge in [0.1, 0.15) is 0 Å². The third-order valence-corrected chi connectivity index (χ3v) is 2.23. The van der Waals surface area contributed by atoms with Gasteiger partial charge in [0.05, 0.1) is 12.1 Å². The molecule has 0 amide bonds. The molecule has 0 bridgehead atoms. The molecule has 4 heteroatoms. The van der Waals surface area contributed by atoms with Crippen molar-refractivity contribution >= 4 is 5.96 Å². The zero-order valence-electron chi connectivity index (χ0n) is 9.29. The predicted octanol–water partition coefficient (Wildman–Crippen LogP) is 0.867. The summed E-state index contributed by atoms with van der Waals surface area (Å²) < 4.78 is 5.44. The fraction of sp³-hybridized carbons (Fsp3) is 0.900. The number of aliphatic imine (C=N–C) groups is 1. The molecule has 0 saturated heterocycles. The van der Waals surface area contributed by atoms with Crippen LogP contribution in [0, 0.1) is 0 Å². The van der Waals surface area contributed by atoms with Gasteiger partial charge in [0.25, 0.3) is 0 Å². The van der Waals surface area contributed by atoms with Crippen molar-refractivity contribution < 1.29 is 4.74 Å². The van der Waals surface area contributed by atoms with Crippen LogP contribution in [0.5, 0.6) is 0 Å². The quantitative estimate of drug-likeness (QED) is 0.521. The Bertz CT molecular complexity index is 198. The van der Waals surface area contributed by atoms with Crippen molar-refractivity contribution in [2.24, 2.45) is 10.7 Å². The first-order valence-electron chi connectivity index (χ1n) is 5.33. The molecular weight excluding hydrogens is 178 g/mol. The van der Waals surface area contributed by atoms with E-state index in [1.807, 2.05) is 20.8 Å². The van der Waals surface area contributed by atoms with Crippen molar-refractivity contribution in [1.82, 2.24) is 5.32 Å². The Morgan fingerprint density at radius 3 is 2.71 bits per heavy atom. The molecule has 3 N–H and O–H groups in total. The minimum Gasteiger partial charge on any atom is -0.378 e. The molecule has 1 fully saturated rings. The number of ether oxygens (including phenoxy) is 1. The van der Waals surface area contributed by atoms with Crippen LogP contribution in [0.1, 0.15) is 33.6 Å². The number of hydrogen-bond donors (Lipinski definition) is 2. The third-order valence-electron chi connectivity index (χ3n) is 2.23. The summed E-state index contributed by atoms with van der Waals surface area (Å²) in [5.41, 5.74) is 5.70. The van der Waals surface area contributed by atoms with Crippen molar-refractivity contribution in [2.45, 2.75) is 51.8 Å². The molecule has 0 aliphatic heterocycles. The lowest BCUT2D eigenvalue weighted by atomic mass is 9.90. The van der Waals surface area contributed by atoms with E-state index in [1.54, 1.807) is 0 Å². The van der Waals surface area contributed by atoms with Gasteiger partial charge in [-0.3, -0.25) is 0 Å². The SMILES string of the molecule is CCOC1CC(N=C(N)NC(C)C)C1. The van der Waals surface area contributed by atoms with Gasteiger partial charge in [0.15, 0.2) is 5.96 Å². The molecule has 0 aromatic heterocycles. The molecule has 0 aromatic rings. The predicted molar refractivity (Wildman–Crippen MR) is 58.3 cm³/mol. The second-order valence-corrected chi connectivity index (χ2v) is 4.02. The van der Waals surface area contributed by atoms with Gasteiger partial charge >= 0.3 is 0 Å². The summed E-state index contributed by atoms with van der Waals surface area (Å²) in [7, 11) is 0. The fourth-order valence-corrected chi connectivity index (χ4v) is 1.54. The molecule has 82 valence electrons. The van der Waals surface area contributed by atoms with Crippen molar-refractivity contribution in [3.8, 4) is 0 Å². The van der Waals surface area contributed by atoms with Gasteiger partial charge in [-0.2, -0.15) is 0 Å². The molecule has 14 heavy (non-hydrogen) atoms. The molecule has 1 aliphatic carbocycles. The summed E-state index contributed by atoms with van der Waals surface area (Å²) in [6.45, 7) is 6.91. The summed E-state index contributed by atoms with van der Waals surface area (Å²) in [6.07, 6.45) is 2.42. The molecule has 0 spiro atoms. The van der Waals surface area contributed by atoms with E-state index in [1.165, 1.54) is 0 Å². The Kier molecular flexibility index (Phi) is 4.20. The van der Waals surface area contributed by atoms with Gasteiger partial charge in [-0.25, -0.2) is 4.99 Å². The number of nitrogens with zero attached hydrogens (tertiary/aromatic N) is 1. The highest BCUT2D eigenvalue weighted by Crippen LogP contribution is 2.25. The van der Waals surface area contributed by atoms with E-state index in [2.05, 4.69) is 10.3 Å². The van der Waals surface area contributed by atoms with Crippen molar-refractivity contribution in [3.05, 3.63) is 0 Å². The van der Waals surface area contributed by atoms with E-state index >= 15 is 0 Å². The number of hydrogen-bond acceptors (Lipinski definition) is 2. The molecule has 0 aromatic carbocycles. The zero-order valence-corrected chi connectivity index (χ0v) is 9.29. The van der Waals surface area contributed by atoms with Crippen molar-refractivity contribution in [3.63, 3.8) is 0 Å². The van der Waals surface area contributed by atoms with Gasteiger partial charge in [-0.1, -0.05) is 0 Å². The van der Waals surface area contributed by atoms with Crippen molar-refractivity contribution in [1.29, 1.82) is 0 Å². The van der Waals surface area contributed by atoms with Crippen LogP contribution in [0.15, 0.2) is 4.99 Å². The summed E-state index contributed by atoms with van der Waals surface area (Å²) >= 11 is 0. The highest BCUT2D eigenvalue weighted by Gasteiger charge is 2.29. The Hall–Kier alpha value is -0.770. The van der Waals surface area contributed by atoms with Crippen LogP contribution >= 0.6 is 0 Å². The average molecular weight is 199 g/mol. The minimum absolute atomic E-state index is 0.349. The third kappa shape index (κ3) is 3.54. The topological polar surface area (TPSA) is 59.6 Å². The summed E-state index contributed by atoms with van der Waals surface area (Å²) in [4.78, 5) is 4.36. The highest BCUT2D eigenvalue weighted by atomic mass is 16.5. The van der Waals surface area contributed by atoms with E-state index in [-0.39, 0.29) is 0 Å². The normalized spacial score (nSPS) is 27.6. The fourth-order valence-electron chi connectivity index (χ4n) is 1.54. The Labute approximate surface area is 85.9 Å². The average Bonchev–Trinajstić information content (AvgIpc) is 1.99. The minimum atomic E-state index is 0.349. The lowest BCUT2D eigenvalue weighted by Crippen LogP contribution is -2.41. The summed E-state index contributed by atoms with van der Waals surface area (Å²) in [5, 5.41) is 3.08. The van der Waals surface area contributed by atoms with Crippen LogP contribution in [0.3, 0.4) is 0 Å². The second-order valence-electron chi connectivity index (χ2n) is 4.02. The summed E-state index contributed by atoms with van der Waals surface area (Å²) in [6, 6.07) is 0.708. The van der Waals surface area contributed by atoms with E-state index < -0.39 is 0 Å². The van der Waals surface area contributed by atoms with Crippen LogP contribution < -0.4 is 11.1 Å². The second kappa shape index (κ2) is 5.20. The van der Waals surface area contributed by atoms with E-state index in [0.717, 1.165) is 19.4 Å². The van der Waals surface area contributed by atoms with Crippen LogP contribution in [0.4, 0.5) is 0 Å². The number of nitrogens with one attached hydrogen (secondary N) is 1. The highest BCUT2D eigenvalue weighted by molar-refractivity contribution is 5.78. The molecule has 0 heterocycles. The number of rotatable bonds is 4. The van der Waals surface area contributed by atoms with Crippen molar-refractivity contribution in [2.75, 3.05) is 6.61 Å².